The van der Waals surface area contributed by atoms with Crippen LogP contribution in [-0.4, -0.2) is 37.6 Å². The maximum atomic E-state index is 3.47. The second kappa shape index (κ2) is 8.08. The molecule has 0 bridgehead atoms. The zero-order chi connectivity index (χ0) is 11.8. The lowest BCUT2D eigenvalue weighted by Crippen LogP contribution is -2.36. The van der Waals surface area contributed by atoms with Crippen molar-refractivity contribution >= 4 is 0 Å². The van der Waals surface area contributed by atoms with E-state index >= 15 is 0 Å². The standard InChI is InChI=1S/C14H30N2/c1-4-10-15-11-6-7-13(2)16(3)12-14-8-5-9-14/h13-15H,4-12H2,1-3H3. The van der Waals surface area contributed by atoms with E-state index in [9.17, 15) is 0 Å². The van der Waals surface area contributed by atoms with E-state index in [1.165, 1.54) is 58.2 Å². The van der Waals surface area contributed by atoms with Crippen LogP contribution in [0.4, 0.5) is 0 Å². The van der Waals surface area contributed by atoms with Crippen LogP contribution in [-0.2, 0) is 0 Å². The van der Waals surface area contributed by atoms with Gasteiger partial charge in [0.2, 0.25) is 0 Å². The Bertz CT molecular complexity index is 166. The van der Waals surface area contributed by atoms with Crippen LogP contribution in [0.5, 0.6) is 0 Å². The summed E-state index contributed by atoms with van der Waals surface area (Å²) in [6.45, 7) is 8.28. The van der Waals surface area contributed by atoms with Gasteiger partial charge in [-0.2, -0.15) is 0 Å². The van der Waals surface area contributed by atoms with Crippen molar-refractivity contribution in [1.82, 2.24) is 10.2 Å². The number of nitrogens with one attached hydrogen (secondary N) is 1. The molecule has 96 valence electrons. The molecule has 0 saturated heterocycles. The first-order valence-corrected chi connectivity index (χ1v) is 7.15. The highest BCUT2D eigenvalue weighted by atomic mass is 15.1. The highest BCUT2D eigenvalue weighted by Crippen LogP contribution is 2.27. The van der Waals surface area contributed by atoms with Crippen LogP contribution in [0, 0.1) is 5.92 Å². The second-order valence-electron chi connectivity index (χ2n) is 5.48. The molecule has 16 heavy (non-hydrogen) atoms. The molecule has 0 aromatic heterocycles. The smallest absolute Gasteiger partial charge is 0.00644 e. The van der Waals surface area contributed by atoms with Crippen molar-refractivity contribution in [2.45, 2.75) is 58.4 Å². The summed E-state index contributed by atoms with van der Waals surface area (Å²) in [5, 5.41) is 3.47. The van der Waals surface area contributed by atoms with Crippen LogP contribution >= 0.6 is 0 Å². The maximum Gasteiger partial charge on any atom is 0.00644 e. The fourth-order valence-corrected chi connectivity index (χ4v) is 2.31. The van der Waals surface area contributed by atoms with E-state index in [2.05, 4.69) is 31.1 Å². The van der Waals surface area contributed by atoms with E-state index in [4.69, 9.17) is 0 Å². The highest BCUT2D eigenvalue weighted by molar-refractivity contribution is 4.75. The molecule has 2 nitrogen and oxygen atoms in total. The van der Waals surface area contributed by atoms with Gasteiger partial charge in [-0.3, -0.25) is 0 Å². The van der Waals surface area contributed by atoms with Crippen LogP contribution in [0.25, 0.3) is 0 Å². The molecular weight excluding hydrogens is 196 g/mol. The summed E-state index contributed by atoms with van der Waals surface area (Å²) in [5.41, 5.74) is 0. The molecule has 1 fully saturated rings. The summed E-state index contributed by atoms with van der Waals surface area (Å²) in [6.07, 6.45) is 8.30. The van der Waals surface area contributed by atoms with Crippen LogP contribution in [0.1, 0.15) is 52.4 Å². The van der Waals surface area contributed by atoms with Gasteiger partial charge in [0.1, 0.15) is 0 Å². The molecule has 0 heterocycles. The van der Waals surface area contributed by atoms with Gasteiger partial charge in [-0.15, -0.1) is 0 Å². The minimum Gasteiger partial charge on any atom is -0.317 e. The molecule has 2 heteroatoms. The summed E-state index contributed by atoms with van der Waals surface area (Å²) in [7, 11) is 2.29. The van der Waals surface area contributed by atoms with Crippen LogP contribution in [0.3, 0.4) is 0 Å². The maximum absolute atomic E-state index is 3.47. The normalized spacial score (nSPS) is 18.8. The van der Waals surface area contributed by atoms with Crippen molar-refractivity contribution in [3.63, 3.8) is 0 Å². The predicted octanol–water partition coefficient (Wildman–Crippen LogP) is 2.89. The van der Waals surface area contributed by atoms with E-state index in [0.717, 1.165) is 12.0 Å². The third kappa shape index (κ3) is 5.31. The Morgan fingerprint density at radius 3 is 2.62 bits per heavy atom. The van der Waals surface area contributed by atoms with Crippen LogP contribution in [0.2, 0.25) is 0 Å². The lowest BCUT2D eigenvalue weighted by molar-refractivity contribution is 0.163. The topological polar surface area (TPSA) is 15.3 Å². The van der Waals surface area contributed by atoms with Gasteiger partial charge in [0.05, 0.1) is 0 Å². The Kier molecular flexibility index (Phi) is 7.06. The largest absolute Gasteiger partial charge is 0.317 e. The molecule has 0 aliphatic heterocycles. The Balaban J connectivity index is 1.97. The third-order valence-electron chi connectivity index (χ3n) is 3.93. The zero-order valence-electron chi connectivity index (χ0n) is 11.5. The van der Waals surface area contributed by atoms with Gasteiger partial charge in [0.25, 0.3) is 0 Å². The number of hydrogen-bond donors (Lipinski definition) is 1. The predicted molar refractivity (Wildman–Crippen MR) is 71.8 cm³/mol. The summed E-state index contributed by atoms with van der Waals surface area (Å²) >= 11 is 0. The number of nitrogens with zero attached hydrogens (tertiary/aromatic N) is 1. The molecule has 0 aromatic rings. The molecular formula is C14H30N2. The molecule has 1 aliphatic carbocycles. The first kappa shape index (κ1) is 14.0. The Hall–Kier alpha value is -0.0800. The van der Waals surface area contributed by atoms with Gasteiger partial charge in [0.15, 0.2) is 0 Å². The molecule has 0 aromatic carbocycles. The first-order chi connectivity index (χ1) is 7.74. The molecule has 1 unspecified atom stereocenters. The van der Waals surface area contributed by atoms with Gasteiger partial charge in [0, 0.05) is 12.6 Å². The fourth-order valence-electron chi connectivity index (χ4n) is 2.31. The van der Waals surface area contributed by atoms with Crippen molar-refractivity contribution in [1.29, 1.82) is 0 Å². The molecule has 1 rings (SSSR count). The SMILES string of the molecule is CCCNCCCC(C)N(C)CC1CCC1. The van der Waals surface area contributed by atoms with Gasteiger partial charge >= 0.3 is 0 Å². The van der Waals surface area contributed by atoms with Gasteiger partial charge in [-0.1, -0.05) is 13.3 Å². The average Bonchev–Trinajstić information content (AvgIpc) is 2.22. The van der Waals surface area contributed by atoms with Crippen molar-refractivity contribution < 1.29 is 0 Å². The minimum absolute atomic E-state index is 0.754. The van der Waals surface area contributed by atoms with Crippen molar-refractivity contribution in [3.05, 3.63) is 0 Å². The minimum atomic E-state index is 0.754. The molecule has 1 saturated carbocycles. The average molecular weight is 226 g/mol. The fraction of sp³-hybridized carbons (Fsp3) is 1.00. The molecule has 0 spiro atoms. The zero-order valence-corrected chi connectivity index (χ0v) is 11.5. The van der Waals surface area contributed by atoms with E-state index in [1.807, 2.05) is 0 Å². The number of hydrogen-bond acceptors (Lipinski definition) is 2. The van der Waals surface area contributed by atoms with E-state index in [0.29, 0.717) is 0 Å². The Labute approximate surface area is 102 Å². The van der Waals surface area contributed by atoms with Crippen LogP contribution in [0.15, 0.2) is 0 Å². The molecule has 1 atom stereocenters. The second-order valence-corrected chi connectivity index (χ2v) is 5.48. The van der Waals surface area contributed by atoms with E-state index < -0.39 is 0 Å². The van der Waals surface area contributed by atoms with Crippen molar-refractivity contribution in [3.8, 4) is 0 Å². The molecule has 1 aliphatic rings. The lowest BCUT2D eigenvalue weighted by atomic mass is 9.85. The Morgan fingerprint density at radius 1 is 1.31 bits per heavy atom. The summed E-state index contributed by atoms with van der Waals surface area (Å²) in [4.78, 5) is 2.56. The number of rotatable bonds is 9. The first-order valence-electron chi connectivity index (χ1n) is 7.15. The summed E-state index contributed by atoms with van der Waals surface area (Å²) < 4.78 is 0. The van der Waals surface area contributed by atoms with Crippen molar-refractivity contribution in [2.75, 3.05) is 26.7 Å². The molecule has 0 amide bonds. The highest BCUT2D eigenvalue weighted by Gasteiger charge is 2.20. The van der Waals surface area contributed by atoms with E-state index in [1.54, 1.807) is 0 Å². The third-order valence-corrected chi connectivity index (χ3v) is 3.93. The van der Waals surface area contributed by atoms with Crippen molar-refractivity contribution in [2.24, 2.45) is 5.92 Å². The van der Waals surface area contributed by atoms with Crippen LogP contribution < -0.4 is 5.32 Å². The lowest BCUT2D eigenvalue weighted by Gasteiger charge is -2.33. The summed E-state index contributed by atoms with van der Waals surface area (Å²) in [5.74, 6) is 1.01. The molecule has 0 radical (unpaired) electrons. The van der Waals surface area contributed by atoms with Gasteiger partial charge in [-0.05, 0) is 65.1 Å². The van der Waals surface area contributed by atoms with Gasteiger partial charge in [-0.25, -0.2) is 0 Å². The molecule has 1 N–H and O–H groups in total. The summed E-state index contributed by atoms with van der Waals surface area (Å²) in [6, 6.07) is 0.754. The monoisotopic (exact) mass is 226 g/mol. The van der Waals surface area contributed by atoms with E-state index in [-0.39, 0.29) is 0 Å². The quantitative estimate of drug-likeness (QED) is 0.608. The van der Waals surface area contributed by atoms with Gasteiger partial charge < -0.3 is 10.2 Å². The Morgan fingerprint density at radius 2 is 2.06 bits per heavy atom.